The second kappa shape index (κ2) is 8.65. The van der Waals surface area contributed by atoms with Crippen molar-refractivity contribution in [3.05, 3.63) is 71.1 Å². The molecular weight excluding hydrogens is 332 g/mol. The molecule has 2 amide bonds. The van der Waals surface area contributed by atoms with Gasteiger partial charge in [-0.25, -0.2) is 4.79 Å². The molecule has 0 spiro atoms. The van der Waals surface area contributed by atoms with Crippen LogP contribution in [-0.4, -0.2) is 26.2 Å². The first-order chi connectivity index (χ1) is 12.3. The number of rotatable bonds is 7. The number of amides is 2. The first kappa shape index (κ1) is 17.5. The predicted molar refractivity (Wildman–Crippen MR) is 103 cm³/mol. The monoisotopic (exact) mass is 354 g/mol. The Bertz CT molecular complexity index is 817. The van der Waals surface area contributed by atoms with Gasteiger partial charge in [-0.15, -0.1) is 11.3 Å². The number of hydrogen-bond donors (Lipinski definition) is 2. The van der Waals surface area contributed by atoms with Crippen molar-refractivity contribution in [3.63, 3.8) is 0 Å². The SMILES string of the molecule is COC(CNC(=O)NCCc1csc2ccccc12)c1ccccc1. The van der Waals surface area contributed by atoms with Crippen LogP contribution in [0.15, 0.2) is 60.0 Å². The maximum absolute atomic E-state index is 12.0. The zero-order valence-electron chi connectivity index (χ0n) is 14.2. The Morgan fingerprint density at radius 2 is 1.84 bits per heavy atom. The van der Waals surface area contributed by atoms with Crippen LogP contribution in [0.5, 0.6) is 0 Å². The van der Waals surface area contributed by atoms with Crippen molar-refractivity contribution in [2.45, 2.75) is 12.5 Å². The maximum Gasteiger partial charge on any atom is 0.314 e. The number of carbonyl (C=O) groups excluding carboxylic acids is 1. The summed E-state index contributed by atoms with van der Waals surface area (Å²) in [5, 5.41) is 9.24. The molecule has 0 aliphatic carbocycles. The summed E-state index contributed by atoms with van der Waals surface area (Å²) in [4.78, 5) is 12.0. The smallest absolute Gasteiger partial charge is 0.314 e. The molecule has 0 fully saturated rings. The summed E-state index contributed by atoms with van der Waals surface area (Å²) in [6.07, 6.45) is 0.678. The summed E-state index contributed by atoms with van der Waals surface area (Å²) in [6.45, 7) is 1.04. The van der Waals surface area contributed by atoms with Crippen LogP contribution in [-0.2, 0) is 11.2 Å². The number of benzene rings is 2. The first-order valence-electron chi connectivity index (χ1n) is 8.32. The molecule has 3 aromatic rings. The van der Waals surface area contributed by atoms with Gasteiger partial charge in [0.2, 0.25) is 0 Å². The van der Waals surface area contributed by atoms with Crippen LogP contribution in [0.3, 0.4) is 0 Å². The molecule has 25 heavy (non-hydrogen) atoms. The van der Waals surface area contributed by atoms with Crippen molar-refractivity contribution in [2.75, 3.05) is 20.2 Å². The van der Waals surface area contributed by atoms with Crippen LogP contribution in [0.2, 0.25) is 0 Å². The van der Waals surface area contributed by atoms with E-state index >= 15 is 0 Å². The minimum Gasteiger partial charge on any atom is -0.375 e. The fourth-order valence-corrected chi connectivity index (χ4v) is 3.79. The van der Waals surface area contributed by atoms with Crippen LogP contribution >= 0.6 is 11.3 Å². The molecule has 130 valence electrons. The van der Waals surface area contributed by atoms with E-state index in [1.54, 1.807) is 18.4 Å². The quantitative estimate of drug-likeness (QED) is 0.670. The summed E-state index contributed by atoms with van der Waals surface area (Å²) < 4.78 is 6.74. The van der Waals surface area contributed by atoms with Gasteiger partial charge in [0.15, 0.2) is 0 Å². The summed E-state index contributed by atoms with van der Waals surface area (Å²) in [5.74, 6) is 0. The molecule has 1 unspecified atom stereocenters. The van der Waals surface area contributed by atoms with E-state index in [-0.39, 0.29) is 12.1 Å². The van der Waals surface area contributed by atoms with Gasteiger partial charge in [0.05, 0.1) is 6.10 Å². The molecule has 2 N–H and O–H groups in total. The highest BCUT2D eigenvalue weighted by Crippen LogP contribution is 2.25. The molecule has 1 atom stereocenters. The number of urea groups is 1. The van der Waals surface area contributed by atoms with Crippen molar-refractivity contribution in [2.24, 2.45) is 0 Å². The van der Waals surface area contributed by atoms with Crippen molar-refractivity contribution < 1.29 is 9.53 Å². The molecule has 1 heterocycles. The Morgan fingerprint density at radius 1 is 1.08 bits per heavy atom. The third-order valence-electron chi connectivity index (χ3n) is 4.14. The van der Waals surface area contributed by atoms with Crippen LogP contribution in [0.4, 0.5) is 4.79 Å². The molecule has 2 aromatic carbocycles. The van der Waals surface area contributed by atoms with Crippen LogP contribution in [0.1, 0.15) is 17.2 Å². The lowest BCUT2D eigenvalue weighted by Crippen LogP contribution is -2.39. The van der Waals surface area contributed by atoms with Crippen molar-refractivity contribution in [1.82, 2.24) is 10.6 Å². The number of ether oxygens (including phenoxy) is 1. The Labute approximate surface area is 151 Å². The molecule has 0 radical (unpaired) electrons. The summed E-state index contributed by atoms with van der Waals surface area (Å²) in [7, 11) is 1.65. The lowest BCUT2D eigenvalue weighted by molar-refractivity contribution is 0.104. The summed E-state index contributed by atoms with van der Waals surface area (Å²) >= 11 is 1.74. The van der Waals surface area contributed by atoms with Crippen molar-refractivity contribution in [3.8, 4) is 0 Å². The largest absolute Gasteiger partial charge is 0.375 e. The van der Waals surface area contributed by atoms with Gasteiger partial charge in [-0.05, 0) is 34.4 Å². The molecular formula is C20H22N2O2S. The third-order valence-corrected chi connectivity index (χ3v) is 5.16. The number of thiophene rings is 1. The normalized spacial score (nSPS) is 12.0. The molecule has 4 nitrogen and oxygen atoms in total. The van der Waals surface area contributed by atoms with Gasteiger partial charge in [-0.3, -0.25) is 0 Å². The van der Waals surface area contributed by atoms with Gasteiger partial charge >= 0.3 is 6.03 Å². The zero-order valence-corrected chi connectivity index (χ0v) is 15.0. The summed E-state index contributed by atoms with van der Waals surface area (Å²) in [6, 6.07) is 18.1. The average molecular weight is 354 g/mol. The number of methoxy groups -OCH3 is 1. The fraction of sp³-hybridized carbons (Fsp3) is 0.250. The fourth-order valence-electron chi connectivity index (χ4n) is 2.79. The minimum absolute atomic E-state index is 0.146. The van der Waals surface area contributed by atoms with Crippen LogP contribution < -0.4 is 10.6 Å². The number of carbonyl (C=O) groups is 1. The van der Waals surface area contributed by atoms with E-state index in [0.717, 1.165) is 12.0 Å². The van der Waals surface area contributed by atoms with E-state index in [0.29, 0.717) is 13.1 Å². The Hall–Kier alpha value is -2.37. The molecule has 0 aliphatic heterocycles. The Morgan fingerprint density at radius 3 is 2.64 bits per heavy atom. The number of hydrogen-bond acceptors (Lipinski definition) is 3. The van der Waals surface area contributed by atoms with E-state index in [1.165, 1.54) is 15.6 Å². The molecule has 5 heteroatoms. The maximum atomic E-state index is 12.0. The van der Waals surface area contributed by atoms with E-state index < -0.39 is 0 Å². The molecule has 1 aromatic heterocycles. The highest BCUT2D eigenvalue weighted by Gasteiger charge is 2.11. The van der Waals surface area contributed by atoms with Gasteiger partial charge < -0.3 is 15.4 Å². The van der Waals surface area contributed by atoms with Gasteiger partial charge in [-0.1, -0.05) is 48.5 Å². The lowest BCUT2D eigenvalue weighted by atomic mass is 10.1. The predicted octanol–water partition coefficient (Wildman–Crippen LogP) is 4.13. The van der Waals surface area contributed by atoms with Crippen molar-refractivity contribution in [1.29, 1.82) is 0 Å². The average Bonchev–Trinajstić information content (AvgIpc) is 3.06. The first-order valence-corrected chi connectivity index (χ1v) is 9.20. The van der Waals surface area contributed by atoms with Gasteiger partial charge in [0, 0.05) is 24.9 Å². The van der Waals surface area contributed by atoms with Gasteiger partial charge in [0.1, 0.15) is 0 Å². The highest BCUT2D eigenvalue weighted by atomic mass is 32.1. The van der Waals surface area contributed by atoms with E-state index in [1.807, 2.05) is 42.5 Å². The molecule has 0 saturated carbocycles. The second-order valence-electron chi connectivity index (χ2n) is 5.78. The van der Waals surface area contributed by atoms with Crippen LogP contribution in [0, 0.1) is 0 Å². The van der Waals surface area contributed by atoms with Crippen LogP contribution in [0.25, 0.3) is 10.1 Å². The number of fused-ring (bicyclic) bond motifs is 1. The molecule has 0 bridgehead atoms. The minimum atomic E-state index is -0.169. The topological polar surface area (TPSA) is 50.4 Å². The van der Waals surface area contributed by atoms with Gasteiger partial charge in [-0.2, -0.15) is 0 Å². The molecule has 0 aliphatic rings. The lowest BCUT2D eigenvalue weighted by Gasteiger charge is -2.16. The summed E-state index contributed by atoms with van der Waals surface area (Å²) in [5.41, 5.74) is 2.33. The second-order valence-corrected chi connectivity index (χ2v) is 6.69. The molecule has 0 saturated heterocycles. The standard InChI is InChI=1S/C20H22N2O2S/c1-24-18(15-7-3-2-4-8-15)13-22-20(23)21-12-11-16-14-25-19-10-6-5-9-17(16)19/h2-10,14,18H,11-13H2,1H3,(H2,21,22,23). The zero-order chi connectivity index (χ0) is 17.5. The van der Waals surface area contributed by atoms with Crippen molar-refractivity contribution >= 4 is 27.5 Å². The highest BCUT2D eigenvalue weighted by molar-refractivity contribution is 7.17. The third kappa shape index (κ3) is 4.59. The van der Waals surface area contributed by atoms with E-state index in [2.05, 4.69) is 28.1 Å². The molecule has 3 rings (SSSR count). The Balaban J connectivity index is 1.45. The van der Waals surface area contributed by atoms with Gasteiger partial charge in [0.25, 0.3) is 0 Å². The Kier molecular flexibility index (Phi) is 6.04. The number of nitrogens with one attached hydrogen (secondary N) is 2. The van der Waals surface area contributed by atoms with E-state index in [9.17, 15) is 4.79 Å². The van der Waals surface area contributed by atoms with E-state index in [4.69, 9.17) is 4.74 Å².